The van der Waals surface area contributed by atoms with E-state index in [1.54, 1.807) is 36.4 Å². The summed E-state index contributed by atoms with van der Waals surface area (Å²) in [6.07, 6.45) is 0. The van der Waals surface area contributed by atoms with Gasteiger partial charge in [0, 0.05) is 22.8 Å². The van der Waals surface area contributed by atoms with E-state index in [2.05, 4.69) is 0 Å². The van der Waals surface area contributed by atoms with Gasteiger partial charge >= 0.3 is 0 Å². The molecule has 4 heteroatoms. The fraction of sp³-hybridized carbons (Fsp3) is 0.125. The van der Waals surface area contributed by atoms with E-state index in [4.69, 9.17) is 9.47 Å². The van der Waals surface area contributed by atoms with Crippen LogP contribution in [-0.4, -0.2) is 25.8 Å². The average Bonchev–Trinajstić information content (AvgIpc) is 2.51. The lowest BCUT2D eigenvalue weighted by Gasteiger charge is -2.20. The van der Waals surface area contributed by atoms with Crippen molar-refractivity contribution in [1.29, 1.82) is 0 Å². The number of ketones is 2. The molecule has 1 aliphatic carbocycles. The maximum atomic E-state index is 12.6. The molecule has 0 saturated heterocycles. The van der Waals surface area contributed by atoms with Gasteiger partial charge in [-0.3, -0.25) is 9.59 Å². The highest BCUT2D eigenvalue weighted by Crippen LogP contribution is 2.36. The van der Waals surface area contributed by atoms with Crippen molar-refractivity contribution in [3.63, 3.8) is 0 Å². The molecule has 0 spiro atoms. The van der Waals surface area contributed by atoms with Crippen LogP contribution in [0.4, 0.5) is 0 Å². The van der Waals surface area contributed by atoms with Gasteiger partial charge in [0.15, 0.2) is 11.6 Å². The maximum Gasteiger partial charge on any atom is 0.198 e. The number of carbonyl (C=O) groups is 2. The Morgan fingerprint density at radius 1 is 0.800 bits per heavy atom. The lowest BCUT2D eigenvalue weighted by atomic mass is 9.83. The van der Waals surface area contributed by atoms with Crippen LogP contribution in [0.5, 0.6) is 11.5 Å². The molecular formula is C16H12O4. The van der Waals surface area contributed by atoms with Crippen LogP contribution < -0.4 is 9.47 Å². The van der Waals surface area contributed by atoms with Crippen LogP contribution >= 0.6 is 0 Å². The fourth-order valence-corrected chi connectivity index (χ4v) is 2.44. The first kappa shape index (κ1) is 12.4. The number of hydrogen-bond donors (Lipinski definition) is 0. The van der Waals surface area contributed by atoms with Gasteiger partial charge in [-0.15, -0.1) is 0 Å². The maximum absolute atomic E-state index is 12.6. The van der Waals surface area contributed by atoms with Crippen molar-refractivity contribution in [2.45, 2.75) is 0 Å². The summed E-state index contributed by atoms with van der Waals surface area (Å²) >= 11 is 0. The molecule has 1 aliphatic rings. The van der Waals surface area contributed by atoms with Crippen molar-refractivity contribution >= 4 is 11.6 Å². The third-order valence-electron chi connectivity index (χ3n) is 3.42. The Morgan fingerprint density at radius 3 is 2.05 bits per heavy atom. The standard InChI is InChI=1S/C16H12O4/c1-19-9-7-12-14(13(8-9)20-2)16(18)11-6-4-3-5-10(11)15(12)17/h3-8H,1-2H3. The van der Waals surface area contributed by atoms with Gasteiger partial charge in [-0.25, -0.2) is 0 Å². The highest BCUT2D eigenvalue weighted by molar-refractivity contribution is 6.29. The number of methoxy groups -OCH3 is 2. The van der Waals surface area contributed by atoms with Gasteiger partial charge in [-0.05, 0) is 6.07 Å². The van der Waals surface area contributed by atoms with E-state index in [0.717, 1.165) is 0 Å². The van der Waals surface area contributed by atoms with Crippen molar-refractivity contribution in [2.24, 2.45) is 0 Å². The Bertz CT molecular complexity index is 731. The Morgan fingerprint density at radius 2 is 1.45 bits per heavy atom. The van der Waals surface area contributed by atoms with Crippen LogP contribution in [0.3, 0.4) is 0 Å². The zero-order chi connectivity index (χ0) is 14.3. The van der Waals surface area contributed by atoms with Gasteiger partial charge in [0.05, 0.1) is 19.8 Å². The fourth-order valence-electron chi connectivity index (χ4n) is 2.44. The van der Waals surface area contributed by atoms with Crippen LogP contribution in [-0.2, 0) is 0 Å². The second-order valence-electron chi connectivity index (χ2n) is 4.46. The Labute approximate surface area is 115 Å². The zero-order valence-electron chi connectivity index (χ0n) is 11.1. The minimum atomic E-state index is -0.199. The topological polar surface area (TPSA) is 52.6 Å². The number of rotatable bonds is 2. The van der Waals surface area contributed by atoms with E-state index >= 15 is 0 Å². The van der Waals surface area contributed by atoms with Gasteiger partial charge < -0.3 is 9.47 Å². The summed E-state index contributed by atoms with van der Waals surface area (Å²) in [4.78, 5) is 25.1. The van der Waals surface area contributed by atoms with Crippen molar-refractivity contribution in [1.82, 2.24) is 0 Å². The van der Waals surface area contributed by atoms with Gasteiger partial charge in [0.25, 0.3) is 0 Å². The Kier molecular flexibility index (Phi) is 2.79. The molecule has 2 aromatic carbocycles. The molecule has 0 bridgehead atoms. The molecule has 0 heterocycles. The minimum Gasteiger partial charge on any atom is -0.497 e. The Balaban J connectivity index is 2.32. The van der Waals surface area contributed by atoms with Gasteiger partial charge in [0.1, 0.15) is 11.5 Å². The molecule has 4 nitrogen and oxygen atoms in total. The molecule has 0 aromatic heterocycles. The third kappa shape index (κ3) is 1.61. The lowest BCUT2D eigenvalue weighted by Crippen LogP contribution is -2.21. The highest BCUT2D eigenvalue weighted by atomic mass is 16.5. The smallest absolute Gasteiger partial charge is 0.198 e. The predicted octanol–water partition coefficient (Wildman–Crippen LogP) is 2.48. The van der Waals surface area contributed by atoms with Gasteiger partial charge in [-0.2, -0.15) is 0 Å². The molecule has 0 aliphatic heterocycles. The third-order valence-corrected chi connectivity index (χ3v) is 3.42. The van der Waals surface area contributed by atoms with Crippen molar-refractivity contribution in [3.8, 4) is 11.5 Å². The number of ether oxygens (including phenoxy) is 2. The van der Waals surface area contributed by atoms with E-state index in [1.807, 2.05) is 0 Å². The number of carbonyl (C=O) groups excluding carboxylic acids is 2. The van der Waals surface area contributed by atoms with E-state index in [-0.39, 0.29) is 11.6 Å². The normalized spacial score (nSPS) is 12.7. The number of benzene rings is 2. The highest BCUT2D eigenvalue weighted by Gasteiger charge is 2.32. The Hall–Kier alpha value is -2.62. The molecule has 0 amide bonds. The van der Waals surface area contributed by atoms with Crippen molar-refractivity contribution in [3.05, 3.63) is 58.7 Å². The van der Waals surface area contributed by atoms with Gasteiger partial charge in [0.2, 0.25) is 0 Å². The van der Waals surface area contributed by atoms with Crippen LogP contribution in [0.1, 0.15) is 31.8 Å². The molecule has 0 N–H and O–H groups in total. The molecule has 0 radical (unpaired) electrons. The molecule has 0 unspecified atom stereocenters. The molecule has 2 aromatic rings. The summed E-state index contributed by atoms with van der Waals surface area (Å²) in [5, 5.41) is 0. The summed E-state index contributed by atoms with van der Waals surface area (Å²) in [5.74, 6) is 0.454. The summed E-state index contributed by atoms with van der Waals surface area (Å²) in [6.45, 7) is 0. The van der Waals surface area contributed by atoms with E-state index in [9.17, 15) is 9.59 Å². The lowest BCUT2D eigenvalue weighted by molar-refractivity contribution is 0.0976. The predicted molar refractivity (Wildman–Crippen MR) is 72.9 cm³/mol. The van der Waals surface area contributed by atoms with E-state index in [1.165, 1.54) is 14.2 Å². The summed E-state index contributed by atoms with van der Waals surface area (Å²) < 4.78 is 10.4. The van der Waals surface area contributed by atoms with Crippen LogP contribution in [0.25, 0.3) is 0 Å². The van der Waals surface area contributed by atoms with Gasteiger partial charge in [-0.1, -0.05) is 24.3 Å². The summed E-state index contributed by atoms with van der Waals surface area (Å²) in [5.41, 5.74) is 1.45. The first-order valence-electron chi connectivity index (χ1n) is 6.12. The molecule has 20 heavy (non-hydrogen) atoms. The van der Waals surface area contributed by atoms with E-state index in [0.29, 0.717) is 33.8 Å². The molecule has 3 rings (SSSR count). The summed E-state index contributed by atoms with van der Waals surface area (Å²) in [7, 11) is 2.97. The first-order chi connectivity index (χ1) is 9.67. The zero-order valence-corrected chi connectivity index (χ0v) is 11.1. The monoisotopic (exact) mass is 268 g/mol. The first-order valence-corrected chi connectivity index (χ1v) is 6.12. The molecular weight excluding hydrogens is 256 g/mol. The second-order valence-corrected chi connectivity index (χ2v) is 4.46. The van der Waals surface area contributed by atoms with Crippen molar-refractivity contribution < 1.29 is 19.1 Å². The van der Waals surface area contributed by atoms with E-state index < -0.39 is 0 Å². The second kappa shape index (κ2) is 4.49. The van der Waals surface area contributed by atoms with Crippen LogP contribution in [0.15, 0.2) is 36.4 Å². The quantitative estimate of drug-likeness (QED) is 0.716. The minimum absolute atomic E-state index is 0.188. The molecule has 100 valence electrons. The van der Waals surface area contributed by atoms with Crippen LogP contribution in [0, 0.1) is 0 Å². The van der Waals surface area contributed by atoms with Crippen molar-refractivity contribution in [2.75, 3.05) is 14.2 Å². The average molecular weight is 268 g/mol. The number of fused-ring (bicyclic) bond motifs is 2. The molecule has 0 saturated carbocycles. The SMILES string of the molecule is COc1cc(OC)c2c(c1)C(=O)c1ccccc1C2=O. The molecule has 0 atom stereocenters. The van der Waals surface area contributed by atoms with Crippen LogP contribution in [0.2, 0.25) is 0 Å². The molecule has 0 fully saturated rings. The number of hydrogen-bond acceptors (Lipinski definition) is 4. The largest absolute Gasteiger partial charge is 0.497 e. The summed E-state index contributed by atoms with van der Waals surface area (Å²) in [6, 6.07) is 9.98.